The molecule has 7 N–H and O–H groups in total. The molecule has 56 heavy (non-hydrogen) atoms. The lowest BCUT2D eigenvalue weighted by atomic mass is 9.72. The molecule has 0 saturated heterocycles. The number of esters is 1. The Hall–Kier alpha value is -5.80. The van der Waals surface area contributed by atoms with Crippen molar-refractivity contribution in [3.8, 4) is 47.4 Å². The zero-order valence-electron chi connectivity index (χ0n) is 32.2. The summed E-state index contributed by atoms with van der Waals surface area (Å²) in [7, 11) is 1.19. The number of carbonyl (C=O) groups excluding carboxylic acids is 3. The van der Waals surface area contributed by atoms with Gasteiger partial charge < -0.3 is 45.6 Å². The molecule has 2 aliphatic rings. The lowest BCUT2D eigenvalue weighted by Crippen LogP contribution is -2.62. The molecule has 13 nitrogen and oxygen atoms in total. The number of aromatic carboxylic acids is 1. The number of carboxylic acids is 1. The second kappa shape index (κ2) is 20.2. The van der Waals surface area contributed by atoms with Crippen LogP contribution in [0.1, 0.15) is 79.3 Å². The summed E-state index contributed by atoms with van der Waals surface area (Å²) in [5.41, 5.74) is -0.136. The van der Waals surface area contributed by atoms with Gasteiger partial charge in [-0.3, -0.25) is 4.79 Å². The van der Waals surface area contributed by atoms with Gasteiger partial charge in [0, 0.05) is 53.6 Å². The second-order valence-electron chi connectivity index (χ2n) is 14.8. The fourth-order valence-corrected chi connectivity index (χ4v) is 5.56. The molecule has 0 aliphatic heterocycles. The van der Waals surface area contributed by atoms with Gasteiger partial charge in [-0.2, -0.15) is 0 Å². The molecule has 4 rings (SSSR count). The van der Waals surface area contributed by atoms with E-state index in [-0.39, 0.29) is 48.0 Å². The number of nitrogens with one attached hydrogen (secondary N) is 2. The van der Waals surface area contributed by atoms with Crippen LogP contribution in [0.3, 0.4) is 0 Å². The topological polar surface area (TPSA) is 212 Å². The van der Waals surface area contributed by atoms with Crippen LogP contribution in [0.2, 0.25) is 0 Å². The van der Waals surface area contributed by atoms with E-state index in [4.69, 9.17) is 19.7 Å². The highest BCUT2D eigenvalue weighted by Gasteiger charge is 2.40. The van der Waals surface area contributed by atoms with Crippen LogP contribution in [0.15, 0.2) is 48.5 Å². The van der Waals surface area contributed by atoms with Gasteiger partial charge >= 0.3 is 18.0 Å². The highest BCUT2D eigenvalue weighted by Crippen LogP contribution is 2.34. The quantitative estimate of drug-likeness (QED) is 0.153. The SMILES string of the molecule is COC(=O)[C@@H](NC(=O)c1ccc(C#CC#CC2CC(O)[C@H]2CO)cc1)C(C)(C)NC(=O)OC(C)(C)C.O=C(O)c1ccc(C#CC#CC2CC(O)[C@H]2CO)cc1. The van der Waals surface area contributed by atoms with Crippen LogP contribution in [0.25, 0.3) is 0 Å². The molecule has 0 heterocycles. The summed E-state index contributed by atoms with van der Waals surface area (Å²) in [5, 5.41) is 51.1. The molecular formula is C43H48N2O11. The van der Waals surface area contributed by atoms with Gasteiger partial charge in [0.1, 0.15) is 11.6 Å². The fourth-order valence-electron chi connectivity index (χ4n) is 5.56. The Morgan fingerprint density at radius 2 is 1.20 bits per heavy atom. The number of hydrogen-bond donors (Lipinski definition) is 7. The van der Waals surface area contributed by atoms with Crippen molar-refractivity contribution in [3.63, 3.8) is 0 Å². The van der Waals surface area contributed by atoms with Gasteiger partial charge in [0.2, 0.25) is 0 Å². The van der Waals surface area contributed by atoms with Crippen LogP contribution >= 0.6 is 0 Å². The molecule has 2 aliphatic carbocycles. The largest absolute Gasteiger partial charge is 0.478 e. The Balaban J connectivity index is 0.000000353. The molecule has 13 heteroatoms. The van der Waals surface area contributed by atoms with Crippen molar-refractivity contribution in [2.45, 2.75) is 76.9 Å². The van der Waals surface area contributed by atoms with Gasteiger partial charge in [0.25, 0.3) is 5.91 Å². The molecule has 2 fully saturated rings. The number of rotatable bonds is 8. The number of amides is 2. The lowest BCUT2D eigenvalue weighted by molar-refractivity contribution is -0.144. The number of hydrogen-bond acceptors (Lipinski definition) is 10. The van der Waals surface area contributed by atoms with Crippen molar-refractivity contribution in [2.24, 2.45) is 23.7 Å². The van der Waals surface area contributed by atoms with Crippen LogP contribution in [0.5, 0.6) is 0 Å². The van der Waals surface area contributed by atoms with Crippen LogP contribution in [-0.2, 0) is 14.3 Å². The summed E-state index contributed by atoms with van der Waals surface area (Å²) in [6.45, 7) is 8.12. The van der Waals surface area contributed by atoms with E-state index in [1.54, 1.807) is 71.0 Å². The van der Waals surface area contributed by atoms with E-state index in [1.807, 2.05) is 0 Å². The molecule has 2 amide bonds. The number of benzene rings is 2. The first-order valence-corrected chi connectivity index (χ1v) is 17.8. The predicted molar refractivity (Wildman–Crippen MR) is 205 cm³/mol. The molecule has 2 aromatic rings. The minimum absolute atomic E-state index is 0.00122. The first kappa shape index (κ1) is 44.6. The normalized spacial score (nSPS) is 21.1. The Kier molecular flexibility index (Phi) is 16.1. The number of methoxy groups -OCH3 is 1. The standard InChI is InChI=1S/C27H34N2O7.C16H14O4/c1-26(2,3)36-25(34)29-27(4,5)22(24(33)35-6)28-23(32)18-13-11-17(12-14-18)9-7-8-10-19-15-21(31)20(19)16-30;17-10-14-13(9-15(14)18)4-2-1-3-11-5-7-12(8-6-11)16(19)20/h11-14,19-22,30-31H,15-16H2,1-6H3,(H,28,32)(H,29,34);5-8,13-15,17-18H,9-10H2,(H,19,20)/t19?,20-,21?,22+;13?,14-,15?/m00/s1. The molecule has 4 unspecified atom stereocenters. The number of carbonyl (C=O) groups is 4. The summed E-state index contributed by atoms with van der Waals surface area (Å²) < 4.78 is 10.1. The van der Waals surface area contributed by atoms with E-state index in [9.17, 15) is 34.5 Å². The van der Waals surface area contributed by atoms with Crippen molar-refractivity contribution >= 4 is 23.9 Å². The first-order chi connectivity index (χ1) is 26.4. The fraction of sp³-hybridized carbons (Fsp3) is 0.442. The van der Waals surface area contributed by atoms with Gasteiger partial charge in [-0.25, -0.2) is 14.4 Å². The van der Waals surface area contributed by atoms with Crippen molar-refractivity contribution in [1.29, 1.82) is 0 Å². The van der Waals surface area contributed by atoms with Crippen LogP contribution in [0.4, 0.5) is 4.79 Å². The monoisotopic (exact) mass is 768 g/mol. The van der Waals surface area contributed by atoms with Crippen molar-refractivity contribution in [2.75, 3.05) is 20.3 Å². The van der Waals surface area contributed by atoms with Crippen molar-refractivity contribution in [3.05, 3.63) is 70.8 Å². The summed E-state index contributed by atoms with van der Waals surface area (Å²) in [5.74, 6) is 19.7. The van der Waals surface area contributed by atoms with E-state index in [0.29, 0.717) is 24.0 Å². The Morgan fingerprint density at radius 3 is 1.57 bits per heavy atom. The lowest BCUT2D eigenvalue weighted by Gasteiger charge is -2.37. The molecule has 0 radical (unpaired) electrons. The summed E-state index contributed by atoms with van der Waals surface area (Å²) in [6, 6.07) is 11.4. The smallest absolute Gasteiger partial charge is 0.408 e. The summed E-state index contributed by atoms with van der Waals surface area (Å²) in [6.07, 6.45) is -0.607. The highest BCUT2D eigenvalue weighted by atomic mass is 16.6. The second-order valence-corrected chi connectivity index (χ2v) is 14.8. The van der Waals surface area contributed by atoms with E-state index in [1.165, 1.54) is 19.2 Å². The maximum Gasteiger partial charge on any atom is 0.408 e. The first-order valence-electron chi connectivity index (χ1n) is 17.8. The average molecular weight is 769 g/mol. The number of aliphatic hydroxyl groups is 4. The Morgan fingerprint density at radius 1 is 0.750 bits per heavy atom. The third-order valence-corrected chi connectivity index (χ3v) is 9.02. The third-order valence-electron chi connectivity index (χ3n) is 9.02. The van der Waals surface area contributed by atoms with E-state index in [2.05, 4.69) is 58.0 Å². The number of ether oxygens (including phenoxy) is 2. The molecule has 0 bridgehead atoms. The van der Waals surface area contributed by atoms with Crippen molar-refractivity contribution in [1.82, 2.24) is 10.6 Å². The molecular weight excluding hydrogens is 720 g/mol. The maximum absolute atomic E-state index is 12.8. The Labute approximate surface area is 327 Å². The van der Waals surface area contributed by atoms with Gasteiger partial charge in [-0.15, -0.1) is 0 Å². The predicted octanol–water partition coefficient (Wildman–Crippen LogP) is 2.33. The van der Waals surface area contributed by atoms with E-state index >= 15 is 0 Å². The average Bonchev–Trinajstić information content (AvgIpc) is 3.12. The maximum atomic E-state index is 12.8. The third kappa shape index (κ3) is 13.2. The Bertz CT molecular complexity index is 1970. The van der Waals surface area contributed by atoms with Crippen molar-refractivity contribution < 1.29 is 54.2 Å². The number of aliphatic hydroxyl groups excluding tert-OH is 4. The molecule has 296 valence electrons. The van der Waals surface area contributed by atoms with Crippen LogP contribution < -0.4 is 10.6 Å². The van der Waals surface area contributed by atoms with Crippen LogP contribution in [-0.4, -0.2) is 99.2 Å². The molecule has 0 spiro atoms. The molecule has 2 aromatic carbocycles. The zero-order chi connectivity index (χ0) is 41.6. The number of carboxylic acid groups (broad SMARTS) is 1. The minimum atomic E-state index is -1.22. The molecule has 0 aromatic heterocycles. The highest BCUT2D eigenvalue weighted by molar-refractivity contribution is 5.97. The van der Waals surface area contributed by atoms with Gasteiger partial charge in [-0.1, -0.05) is 23.7 Å². The van der Waals surface area contributed by atoms with Crippen LogP contribution in [0, 0.1) is 71.0 Å². The molecule has 7 atom stereocenters. The number of alkyl carbamates (subject to hydrolysis) is 1. The summed E-state index contributed by atoms with van der Waals surface area (Å²) >= 11 is 0. The molecule has 2 saturated carbocycles. The summed E-state index contributed by atoms with van der Waals surface area (Å²) in [4.78, 5) is 48.2. The van der Waals surface area contributed by atoms with E-state index < -0.39 is 53.3 Å². The zero-order valence-corrected chi connectivity index (χ0v) is 32.2. The van der Waals surface area contributed by atoms with Gasteiger partial charge in [-0.05, 0) is 120 Å². The van der Waals surface area contributed by atoms with E-state index in [0.717, 1.165) is 0 Å². The minimum Gasteiger partial charge on any atom is -0.478 e. The van der Waals surface area contributed by atoms with Gasteiger partial charge in [0.05, 0.1) is 30.4 Å². The van der Waals surface area contributed by atoms with Gasteiger partial charge in [0.15, 0.2) is 0 Å².